The van der Waals surface area contributed by atoms with E-state index in [4.69, 9.17) is 5.11 Å². The summed E-state index contributed by atoms with van der Waals surface area (Å²) in [6, 6.07) is 0. The number of fused-ring (bicyclic) bond motifs is 5. The Hall–Kier alpha value is -0.610. The van der Waals surface area contributed by atoms with Crippen LogP contribution in [0.5, 0.6) is 0 Å². The second-order valence-corrected chi connectivity index (χ2v) is 11.4. The number of aliphatic carboxylic acids is 1. The van der Waals surface area contributed by atoms with Gasteiger partial charge in [-0.15, -0.1) is 0 Å². The lowest BCUT2D eigenvalue weighted by atomic mass is 9.43. The fraction of sp³-hybridized carbons (Fsp3) is 0.958. The van der Waals surface area contributed by atoms with Gasteiger partial charge < -0.3 is 15.3 Å². The quantitative estimate of drug-likeness (QED) is 0.659. The van der Waals surface area contributed by atoms with Crippen molar-refractivity contribution in [1.82, 2.24) is 0 Å². The number of hydrogen-bond donors (Lipinski definition) is 3. The number of carboxylic acid groups (broad SMARTS) is 1. The molecule has 0 aromatic heterocycles. The first-order valence-electron chi connectivity index (χ1n) is 11.7. The number of aliphatic hydroxyl groups is 2. The smallest absolute Gasteiger partial charge is 0.303 e. The molecule has 0 radical (unpaired) electrons. The van der Waals surface area contributed by atoms with Gasteiger partial charge in [0.15, 0.2) is 0 Å². The molecule has 0 aromatic rings. The summed E-state index contributed by atoms with van der Waals surface area (Å²) in [4.78, 5) is 11.1. The highest BCUT2D eigenvalue weighted by atomic mass is 16.4. The molecule has 4 heteroatoms. The van der Waals surface area contributed by atoms with Crippen LogP contribution in [0.2, 0.25) is 0 Å². The van der Waals surface area contributed by atoms with Crippen molar-refractivity contribution in [2.75, 3.05) is 0 Å². The molecule has 10 atom stereocenters. The van der Waals surface area contributed by atoms with Crippen molar-refractivity contribution in [2.24, 2.45) is 46.3 Å². The van der Waals surface area contributed by atoms with Gasteiger partial charge in [-0.1, -0.05) is 20.8 Å². The highest BCUT2D eigenvalue weighted by Gasteiger charge is 2.62. The highest BCUT2D eigenvalue weighted by Crippen LogP contribution is 2.68. The largest absolute Gasteiger partial charge is 0.481 e. The Morgan fingerprint density at radius 1 is 1.00 bits per heavy atom. The van der Waals surface area contributed by atoms with Crippen molar-refractivity contribution in [3.63, 3.8) is 0 Å². The van der Waals surface area contributed by atoms with Gasteiger partial charge in [0.1, 0.15) is 0 Å². The van der Waals surface area contributed by atoms with Gasteiger partial charge in [0.05, 0.1) is 12.2 Å². The molecule has 4 fully saturated rings. The Kier molecular flexibility index (Phi) is 5.36. The molecule has 0 aliphatic heterocycles. The molecule has 0 heterocycles. The Morgan fingerprint density at radius 2 is 1.68 bits per heavy atom. The Labute approximate surface area is 170 Å². The third kappa shape index (κ3) is 3.14. The topological polar surface area (TPSA) is 77.8 Å². The molecule has 4 aliphatic rings. The normalized spacial score (nSPS) is 51.7. The first kappa shape index (κ1) is 20.7. The second kappa shape index (κ2) is 7.27. The molecule has 4 nitrogen and oxygen atoms in total. The first-order chi connectivity index (χ1) is 13.2. The molecular formula is C24H40O4. The van der Waals surface area contributed by atoms with Gasteiger partial charge in [0.25, 0.3) is 0 Å². The molecule has 0 aromatic carbocycles. The van der Waals surface area contributed by atoms with E-state index >= 15 is 0 Å². The fourth-order valence-electron chi connectivity index (χ4n) is 8.73. The zero-order valence-electron chi connectivity index (χ0n) is 17.9. The molecule has 0 bridgehead atoms. The predicted molar refractivity (Wildman–Crippen MR) is 109 cm³/mol. The van der Waals surface area contributed by atoms with Gasteiger partial charge >= 0.3 is 5.97 Å². The zero-order chi connectivity index (χ0) is 20.3. The summed E-state index contributed by atoms with van der Waals surface area (Å²) in [7, 11) is 0. The summed E-state index contributed by atoms with van der Waals surface area (Å²) in [6.07, 6.45) is 9.19. The summed E-state index contributed by atoms with van der Waals surface area (Å²) in [5, 5.41) is 30.5. The number of hydrogen-bond acceptors (Lipinski definition) is 3. The zero-order valence-corrected chi connectivity index (χ0v) is 17.9. The molecule has 3 N–H and O–H groups in total. The standard InChI is InChI=1S/C24H40O4/c1-14(4-7-21(27)28)17-5-6-18-22-19(9-11-24(17,18)3)23(2)10-8-16(25)12-15(23)13-20(22)26/h14-20,22,25-26H,4-13H2,1-3H3,(H,27,28)/t14-,15+,16-,17-,18+,19+,20-,22-,23+,24-/m1/s1. The van der Waals surface area contributed by atoms with Gasteiger partial charge in [-0.25, -0.2) is 0 Å². The monoisotopic (exact) mass is 392 g/mol. The molecule has 4 rings (SSSR count). The summed E-state index contributed by atoms with van der Waals surface area (Å²) >= 11 is 0. The van der Waals surface area contributed by atoms with Gasteiger partial charge in [-0.05, 0) is 104 Å². The molecule has 0 spiro atoms. The summed E-state index contributed by atoms with van der Waals surface area (Å²) in [5.74, 6) is 2.36. The first-order valence-corrected chi connectivity index (χ1v) is 11.7. The molecule has 160 valence electrons. The van der Waals surface area contributed by atoms with Crippen LogP contribution in [0.25, 0.3) is 0 Å². The van der Waals surface area contributed by atoms with Crippen molar-refractivity contribution in [3.8, 4) is 0 Å². The van der Waals surface area contributed by atoms with Crippen LogP contribution >= 0.6 is 0 Å². The molecule has 4 saturated carbocycles. The molecule has 0 saturated heterocycles. The van der Waals surface area contributed by atoms with Gasteiger partial charge in [-0.2, -0.15) is 0 Å². The SMILES string of the molecule is C[C@H](CCC(=O)O)[C@H]1CC[C@H]2[C@H]3[C@H](O)C[C@@H]4C[C@H](O)CC[C@]4(C)[C@H]3CC[C@]12C. The van der Waals surface area contributed by atoms with Crippen LogP contribution in [0, 0.1) is 46.3 Å². The minimum absolute atomic E-state index is 0.179. The van der Waals surface area contributed by atoms with Crippen LogP contribution in [-0.2, 0) is 4.79 Å². The van der Waals surface area contributed by atoms with Crippen LogP contribution in [0.1, 0.15) is 85.0 Å². The number of rotatable bonds is 4. The van der Waals surface area contributed by atoms with E-state index in [9.17, 15) is 15.0 Å². The maximum absolute atomic E-state index is 11.2. The lowest BCUT2D eigenvalue weighted by Gasteiger charge is -2.62. The van der Waals surface area contributed by atoms with E-state index in [2.05, 4.69) is 20.8 Å². The van der Waals surface area contributed by atoms with Crippen LogP contribution in [0.15, 0.2) is 0 Å². The second-order valence-electron chi connectivity index (χ2n) is 11.4. The molecule has 4 aliphatic carbocycles. The summed E-state index contributed by atoms with van der Waals surface area (Å²) < 4.78 is 0. The average Bonchev–Trinajstić information content (AvgIpc) is 2.98. The van der Waals surface area contributed by atoms with Crippen LogP contribution < -0.4 is 0 Å². The number of aliphatic hydroxyl groups excluding tert-OH is 2. The van der Waals surface area contributed by atoms with Crippen molar-refractivity contribution >= 4 is 5.97 Å². The number of carboxylic acids is 1. The Balaban J connectivity index is 1.55. The third-order valence-corrected chi connectivity index (χ3v) is 10.2. The predicted octanol–water partition coefficient (Wildman–Crippen LogP) is 4.48. The van der Waals surface area contributed by atoms with Crippen molar-refractivity contribution in [1.29, 1.82) is 0 Å². The lowest BCUT2D eigenvalue weighted by Crippen LogP contribution is -2.58. The van der Waals surface area contributed by atoms with E-state index in [1.807, 2.05) is 0 Å². The van der Waals surface area contributed by atoms with E-state index in [1.54, 1.807) is 0 Å². The van der Waals surface area contributed by atoms with Crippen molar-refractivity contribution < 1.29 is 20.1 Å². The maximum Gasteiger partial charge on any atom is 0.303 e. The van der Waals surface area contributed by atoms with E-state index < -0.39 is 5.97 Å². The summed E-state index contributed by atoms with van der Waals surface area (Å²) in [5.41, 5.74) is 0.523. The molecule has 0 amide bonds. The molecule has 28 heavy (non-hydrogen) atoms. The van der Waals surface area contributed by atoms with E-state index in [-0.39, 0.29) is 29.5 Å². The Bertz CT molecular complexity index is 605. The minimum atomic E-state index is -0.684. The number of carbonyl (C=O) groups is 1. The van der Waals surface area contributed by atoms with E-state index in [0.29, 0.717) is 35.5 Å². The van der Waals surface area contributed by atoms with Crippen LogP contribution in [0.3, 0.4) is 0 Å². The molecule has 0 unspecified atom stereocenters. The Morgan fingerprint density at radius 3 is 2.39 bits per heavy atom. The van der Waals surface area contributed by atoms with Gasteiger partial charge in [0.2, 0.25) is 0 Å². The fourth-order valence-corrected chi connectivity index (χ4v) is 8.73. The lowest BCUT2D eigenvalue weighted by molar-refractivity contribution is -0.174. The van der Waals surface area contributed by atoms with Crippen LogP contribution in [-0.4, -0.2) is 33.5 Å². The van der Waals surface area contributed by atoms with Crippen molar-refractivity contribution in [2.45, 2.75) is 97.2 Å². The van der Waals surface area contributed by atoms with E-state index in [1.165, 1.54) is 25.7 Å². The van der Waals surface area contributed by atoms with Crippen molar-refractivity contribution in [3.05, 3.63) is 0 Å². The average molecular weight is 393 g/mol. The third-order valence-electron chi connectivity index (χ3n) is 10.2. The molecular weight excluding hydrogens is 352 g/mol. The summed E-state index contributed by atoms with van der Waals surface area (Å²) in [6.45, 7) is 7.16. The highest BCUT2D eigenvalue weighted by molar-refractivity contribution is 5.66. The minimum Gasteiger partial charge on any atom is -0.481 e. The van der Waals surface area contributed by atoms with E-state index in [0.717, 1.165) is 32.1 Å². The van der Waals surface area contributed by atoms with Gasteiger partial charge in [-0.3, -0.25) is 4.79 Å². The maximum atomic E-state index is 11.2. The van der Waals surface area contributed by atoms with Gasteiger partial charge in [0, 0.05) is 6.42 Å². The van der Waals surface area contributed by atoms with Crippen LogP contribution in [0.4, 0.5) is 0 Å².